The molecule has 106 valence electrons. The number of anilines is 3. The van der Waals surface area contributed by atoms with Gasteiger partial charge < -0.3 is 15.4 Å². The summed E-state index contributed by atoms with van der Waals surface area (Å²) in [5, 5.41) is 0. The van der Waals surface area contributed by atoms with Gasteiger partial charge in [0.15, 0.2) is 0 Å². The molecule has 3 heteroatoms. The Kier molecular flexibility index (Phi) is 4.51. The van der Waals surface area contributed by atoms with E-state index in [0.29, 0.717) is 12.3 Å². The fourth-order valence-electron chi connectivity index (χ4n) is 2.09. The number of rotatable bonds is 5. The molecule has 2 rings (SSSR count). The molecule has 0 amide bonds. The molecule has 0 aliphatic heterocycles. The third-order valence-corrected chi connectivity index (χ3v) is 3.16. The van der Waals surface area contributed by atoms with Crippen LogP contribution in [-0.4, -0.2) is 13.7 Å². The van der Waals surface area contributed by atoms with Crippen LogP contribution in [0, 0.1) is 6.92 Å². The minimum absolute atomic E-state index is 0.705. The third-order valence-electron chi connectivity index (χ3n) is 3.16. The van der Waals surface area contributed by atoms with Crippen LogP contribution in [0.3, 0.4) is 0 Å². The van der Waals surface area contributed by atoms with Crippen LogP contribution in [0.5, 0.6) is 5.75 Å². The maximum atomic E-state index is 5.97. The molecule has 0 bridgehead atoms. The lowest BCUT2D eigenvalue weighted by molar-refractivity contribution is 0.317. The Morgan fingerprint density at radius 3 is 2.60 bits per heavy atom. The van der Waals surface area contributed by atoms with Gasteiger partial charge in [0.25, 0.3) is 0 Å². The van der Waals surface area contributed by atoms with Crippen LogP contribution in [0.2, 0.25) is 0 Å². The van der Waals surface area contributed by atoms with Crippen LogP contribution in [0.15, 0.2) is 42.5 Å². The lowest BCUT2D eigenvalue weighted by Gasteiger charge is -2.21. The fraction of sp³-hybridized carbons (Fsp3) is 0.294. The lowest BCUT2D eigenvalue weighted by Crippen LogP contribution is -2.10. The first-order valence-corrected chi connectivity index (χ1v) is 6.94. The zero-order valence-corrected chi connectivity index (χ0v) is 12.4. The second-order valence-electron chi connectivity index (χ2n) is 5.01. The highest BCUT2D eigenvalue weighted by Gasteiger charge is 2.07. The van der Waals surface area contributed by atoms with Gasteiger partial charge in [0.1, 0.15) is 5.75 Å². The molecular weight excluding hydrogens is 248 g/mol. The Hall–Kier alpha value is -2.16. The Balaban J connectivity index is 2.29. The molecule has 0 aliphatic rings. The van der Waals surface area contributed by atoms with Gasteiger partial charge in [0.05, 0.1) is 6.61 Å². The SMILES string of the molecule is CCCOc1cc(N)cc(N(C)c2cccc(C)c2)c1. The summed E-state index contributed by atoms with van der Waals surface area (Å²) in [6.07, 6.45) is 0.984. The standard InChI is InChI=1S/C17H22N2O/c1-4-8-20-17-11-14(18)10-16(12-17)19(3)15-7-5-6-13(2)9-15/h5-7,9-12H,4,8,18H2,1-3H3. The predicted octanol–water partition coefficient (Wildman–Crippen LogP) is 4.13. The maximum Gasteiger partial charge on any atom is 0.123 e. The minimum atomic E-state index is 0.705. The second kappa shape index (κ2) is 6.33. The molecule has 3 nitrogen and oxygen atoms in total. The number of hydrogen-bond acceptors (Lipinski definition) is 3. The van der Waals surface area contributed by atoms with Crippen molar-refractivity contribution in [2.45, 2.75) is 20.3 Å². The van der Waals surface area contributed by atoms with E-state index in [2.05, 4.69) is 43.0 Å². The normalized spacial score (nSPS) is 10.3. The zero-order valence-electron chi connectivity index (χ0n) is 12.4. The second-order valence-corrected chi connectivity index (χ2v) is 5.01. The van der Waals surface area contributed by atoms with Crippen molar-refractivity contribution in [2.75, 3.05) is 24.3 Å². The van der Waals surface area contributed by atoms with E-state index >= 15 is 0 Å². The molecule has 0 radical (unpaired) electrons. The molecule has 0 spiro atoms. The van der Waals surface area contributed by atoms with E-state index in [1.54, 1.807) is 0 Å². The summed E-state index contributed by atoms with van der Waals surface area (Å²) in [6, 6.07) is 14.2. The molecule has 2 aromatic rings. The Labute approximate surface area is 121 Å². The summed E-state index contributed by atoms with van der Waals surface area (Å²) in [4.78, 5) is 2.11. The number of hydrogen-bond donors (Lipinski definition) is 1. The van der Waals surface area contributed by atoms with Crippen molar-refractivity contribution in [1.82, 2.24) is 0 Å². The monoisotopic (exact) mass is 270 g/mol. The van der Waals surface area contributed by atoms with Gasteiger partial charge in [-0.1, -0.05) is 19.1 Å². The van der Waals surface area contributed by atoms with Crippen molar-refractivity contribution in [3.8, 4) is 5.75 Å². The maximum absolute atomic E-state index is 5.97. The van der Waals surface area contributed by atoms with E-state index < -0.39 is 0 Å². The number of nitrogens with zero attached hydrogens (tertiary/aromatic N) is 1. The first-order chi connectivity index (χ1) is 9.60. The van der Waals surface area contributed by atoms with Crippen molar-refractivity contribution in [3.63, 3.8) is 0 Å². The first-order valence-electron chi connectivity index (χ1n) is 6.94. The van der Waals surface area contributed by atoms with Gasteiger partial charge in [-0.25, -0.2) is 0 Å². The van der Waals surface area contributed by atoms with E-state index in [9.17, 15) is 0 Å². The zero-order chi connectivity index (χ0) is 14.5. The van der Waals surface area contributed by atoms with Crippen LogP contribution in [0.4, 0.5) is 17.1 Å². The summed E-state index contributed by atoms with van der Waals surface area (Å²) >= 11 is 0. The molecule has 2 aromatic carbocycles. The molecule has 20 heavy (non-hydrogen) atoms. The van der Waals surface area contributed by atoms with Gasteiger partial charge in [-0.2, -0.15) is 0 Å². The molecule has 2 N–H and O–H groups in total. The number of nitrogen functional groups attached to an aromatic ring is 1. The topological polar surface area (TPSA) is 38.5 Å². The van der Waals surface area contributed by atoms with Gasteiger partial charge in [-0.05, 0) is 37.1 Å². The summed E-state index contributed by atoms with van der Waals surface area (Å²) in [7, 11) is 2.03. The van der Waals surface area contributed by atoms with Crippen molar-refractivity contribution in [1.29, 1.82) is 0 Å². The molecule has 0 unspecified atom stereocenters. The molecule has 0 aromatic heterocycles. The molecule has 0 aliphatic carbocycles. The number of ether oxygens (including phenoxy) is 1. The highest BCUT2D eigenvalue weighted by atomic mass is 16.5. The lowest BCUT2D eigenvalue weighted by atomic mass is 10.2. The van der Waals surface area contributed by atoms with E-state index in [1.807, 2.05) is 25.2 Å². The molecule has 0 heterocycles. The highest BCUT2D eigenvalue weighted by molar-refractivity contribution is 5.68. The van der Waals surface area contributed by atoms with Crippen molar-refractivity contribution in [3.05, 3.63) is 48.0 Å². The molecular formula is C17H22N2O. The average molecular weight is 270 g/mol. The van der Waals surface area contributed by atoms with Gasteiger partial charge in [-0.15, -0.1) is 0 Å². The summed E-state index contributed by atoms with van der Waals surface area (Å²) in [5.41, 5.74) is 10.1. The predicted molar refractivity (Wildman–Crippen MR) is 85.9 cm³/mol. The Morgan fingerprint density at radius 2 is 1.90 bits per heavy atom. The molecule has 0 fully saturated rings. The van der Waals surface area contributed by atoms with E-state index in [1.165, 1.54) is 5.56 Å². The van der Waals surface area contributed by atoms with Gasteiger partial charge >= 0.3 is 0 Å². The molecule has 0 saturated carbocycles. The van der Waals surface area contributed by atoms with Crippen molar-refractivity contribution < 1.29 is 4.74 Å². The highest BCUT2D eigenvalue weighted by Crippen LogP contribution is 2.30. The van der Waals surface area contributed by atoms with E-state index in [0.717, 1.165) is 23.5 Å². The van der Waals surface area contributed by atoms with E-state index in [4.69, 9.17) is 10.5 Å². The average Bonchev–Trinajstić information content (AvgIpc) is 2.43. The smallest absolute Gasteiger partial charge is 0.123 e. The van der Waals surface area contributed by atoms with Gasteiger partial charge in [0, 0.05) is 36.2 Å². The van der Waals surface area contributed by atoms with E-state index in [-0.39, 0.29) is 0 Å². The Bertz CT molecular complexity index is 581. The molecule has 0 atom stereocenters. The van der Waals surface area contributed by atoms with Crippen LogP contribution in [-0.2, 0) is 0 Å². The minimum Gasteiger partial charge on any atom is -0.493 e. The van der Waals surface area contributed by atoms with Crippen molar-refractivity contribution >= 4 is 17.1 Å². The van der Waals surface area contributed by atoms with Crippen LogP contribution < -0.4 is 15.4 Å². The number of benzene rings is 2. The van der Waals surface area contributed by atoms with Crippen LogP contribution in [0.1, 0.15) is 18.9 Å². The quantitative estimate of drug-likeness (QED) is 0.830. The number of nitrogens with two attached hydrogens (primary N) is 1. The summed E-state index contributed by atoms with van der Waals surface area (Å²) in [5.74, 6) is 0.821. The van der Waals surface area contributed by atoms with Crippen molar-refractivity contribution in [2.24, 2.45) is 0 Å². The largest absolute Gasteiger partial charge is 0.493 e. The van der Waals surface area contributed by atoms with Gasteiger partial charge in [0.2, 0.25) is 0 Å². The number of aryl methyl sites for hydroxylation is 1. The molecule has 0 saturated heterocycles. The Morgan fingerprint density at radius 1 is 1.10 bits per heavy atom. The first kappa shape index (κ1) is 14.3. The summed E-state index contributed by atoms with van der Waals surface area (Å²) < 4.78 is 5.68. The third kappa shape index (κ3) is 3.44. The van der Waals surface area contributed by atoms with Crippen LogP contribution >= 0.6 is 0 Å². The summed E-state index contributed by atoms with van der Waals surface area (Å²) in [6.45, 7) is 4.88. The fourth-order valence-corrected chi connectivity index (χ4v) is 2.09. The van der Waals surface area contributed by atoms with Crippen LogP contribution in [0.25, 0.3) is 0 Å². The van der Waals surface area contributed by atoms with Gasteiger partial charge in [-0.3, -0.25) is 0 Å².